The predicted molar refractivity (Wildman–Crippen MR) is 79.7 cm³/mol. The van der Waals surface area contributed by atoms with Crippen LogP contribution in [0.2, 0.25) is 0 Å². The highest BCUT2D eigenvalue weighted by molar-refractivity contribution is 5.93. The average molecular weight is 297 g/mol. The molecular formula is C15H15N5O2. The van der Waals surface area contributed by atoms with Gasteiger partial charge in [0.1, 0.15) is 11.7 Å². The van der Waals surface area contributed by atoms with Crippen LogP contribution in [0, 0.1) is 11.3 Å². The van der Waals surface area contributed by atoms with Crippen molar-refractivity contribution >= 4 is 22.8 Å². The van der Waals surface area contributed by atoms with E-state index in [2.05, 4.69) is 20.9 Å². The van der Waals surface area contributed by atoms with Gasteiger partial charge in [-0.15, -0.1) is 0 Å². The SMILES string of the molecule is N#Cc1cnc2[nH]ccc2c1N1CCC2(CCN2C(=O)O)C1. The zero-order valence-electron chi connectivity index (χ0n) is 11.9. The molecule has 0 aliphatic carbocycles. The Hall–Kier alpha value is -2.75. The van der Waals surface area contributed by atoms with E-state index in [1.54, 1.807) is 12.4 Å². The van der Waals surface area contributed by atoms with E-state index in [0.29, 0.717) is 18.7 Å². The molecule has 1 atom stereocenters. The van der Waals surface area contributed by atoms with E-state index in [0.717, 1.165) is 36.1 Å². The van der Waals surface area contributed by atoms with Crippen LogP contribution in [-0.4, -0.2) is 51.2 Å². The second-order valence-electron chi connectivity index (χ2n) is 5.95. The number of fused-ring (bicyclic) bond motifs is 1. The van der Waals surface area contributed by atoms with E-state index in [4.69, 9.17) is 0 Å². The maximum Gasteiger partial charge on any atom is 0.407 e. The Labute approximate surface area is 126 Å². The summed E-state index contributed by atoms with van der Waals surface area (Å²) >= 11 is 0. The number of anilines is 1. The monoisotopic (exact) mass is 297 g/mol. The first kappa shape index (κ1) is 13.0. The Kier molecular flexibility index (Phi) is 2.57. The summed E-state index contributed by atoms with van der Waals surface area (Å²) in [5, 5.41) is 19.6. The van der Waals surface area contributed by atoms with Gasteiger partial charge < -0.3 is 19.9 Å². The van der Waals surface area contributed by atoms with Crippen LogP contribution >= 0.6 is 0 Å². The number of hydrogen-bond donors (Lipinski definition) is 2. The molecule has 0 saturated carbocycles. The third-order valence-corrected chi connectivity index (χ3v) is 4.93. The van der Waals surface area contributed by atoms with Crippen molar-refractivity contribution in [2.75, 3.05) is 24.5 Å². The number of H-pyrrole nitrogens is 1. The molecule has 2 aromatic heterocycles. The molecule has 4 heterocycles. The predicted octanol–water partition coefficient (Wildman–Crippen LogP) is 1.77. The summed E-state index contributed by atoms with van der Waals surface area (Å²) < 4.78 is 0. The Morgan fingerprint density at radius 2 is 2.27 bits per heavy atom. The first-order valence-corrected chi connectivity index (χ1v) is 7.26. The summed E-state index contributed by atoms with van der Waals surface area (Å²) in [6, 6.07) is 4.12. The van der Waals surface area contributed by atoms with Crippen LogP contribution in [0.1, 0.15) is 18.4 Å². The molecule has 2 fully saturated rings. The second kappa shape index (κ2) is 4.37. The number of likely N-dealkylation sites (tertiary alicyclic amines) is 1. The average Bonchev–Trinajstić information content (AvgIpc) is 3.12. The third kappa shape index (κ3) is 1.61. The van der Waals surface area contributed by atoms with E-state index >= 15 is 0 Å². The Morgan fingerprint density at radius 3 is 2.95 bits per heavy atom. The van der Waals surface area contributed by atoms with Crippen LogP contribution in [0.25, 0.3) is 11.0 Å². The maximum atomic E-state index is 11.3. The number of aromatic nitrogens is 2. The molecule has 112 valence electrons. The number of carbonyl (C=O) groups is 1. The molecule has 1 spiro atoms. The molecule has 0 aromatic carbocycles. The van der Waals surface area contributed by atoms with Crippen LogP contribution in [0.15, 0.2) is 18.5 Å². The van der Waals surface area contributed by atoms with Crippen LogP contribution in [0.3, 0.4) is 0 Å². The molecule has 7 heteroatoms. The Morgan fingerprint density at radius 1 is 1.45 bits per heavy atom. The number of rotatable bonds is 1. The lowest BCUT2D eigenvalue weighted by atomic mass is 9.84. The minimum absolute atomic E-state index is 0.287. The fraction of sp³-hybridized carbons (Fsp3) is 0.400. The topological polar surface area (TPSA) is 96.3 Å². The normalized spacial score (nSPS) is 23.8. The number of nitrogens with one attached hydrogen (secondary N) is 1. The van der Waals surface area contributed by atoms with Crippen molar-refractivity contribution in [2.24, 2.45) is 0 Å². The van der Waals surface area contributed by atoms with E-state index in [1.807, 2.05) is 6.07 Å². The zero-order chi connectivity index (χ0) is 15.3. The van der Waals surface area contributed by atoms with Crippen molar-refractivity contribution in [1.82, 2.24) is 14.9 Å². The van der Waals surface area contributed by atoms with Crippen molar-refractivity contribution in [3.63, 3.8) is 0 Å². The van der Waals surface area contributed by atoms with Crippen molar-refractivity contribution in [3.8, 4) is 6.07 Å². The minimum atomic E-state index is -0.852. The summed E-state index contributed by atoms with van der Waals surface area (Å²) in [5.41, 5.74) is 1.86. The van der Waals surface area contributed by atoms with Crippen molar-refractivity contribution in [1.29, 1.82) is 5.26 Å². The van der Waals surface area contributed by atoms with Gasteiger partial charge in [-0.2, -0.15) is 5.26 Å². The summed E-state index contributed by atoms with van der Waals surface area (Å²) in [4.78, 5) is 22.3. The van der Waals surface area contributed by atoms with Gasteiger partial charge in [-0.1, -0.05) is 0 Å². The molecule has 7 nitrogen and oxygen atoms in total. The highest BCUT2D eigenvalue weighted by atomic mass is 16.4. The first-order valence-electron chi connectivity index (χ1n) is 7.26. The number of hydrogen-bond acceptors (Lipinski definition) is 4. The van der Waals surface area contributed by atoms with Gasteiger partial charge in [0.05, 0.1) is 16.8 Å². The van der Waals surface area contributed by atoms with Crippen molar-refractivity contribution in [3.05, 3.63) is 24.0 Å². The summed E-state index contributed by atoms with van der Waals surface area (Å²) in [7, 11) is 0. The number of aromatic amines is 1. The fourth-order valence-corrected chi connectivity index (χ4v) is 3.73. The van der Waals surface area contributed by atoms with E-state index in [9.17, 15) is 15.2 Å². The van der Waals surface area contributed by atoms with Gasteiger partial charge in [-0.25, -0.2) is 9.78 Å². The minimum Gasteiger partial charge on any atom is -0.465 e. The summed E-state index contributed by atoms with van der Waals surface area (Å²) in [6.45, 7) is 1.99. The molecule has 22 heavy (non-hydrogen) atoms. The van der Waals surface area contributed by atoms with Crippen LogP contribution in [-0.2, 0) is 0 Å². The number of nitrogens with zero attached hydrogens (tertiary/aromatic N) is 4. The van der Waals surface area contributed by atoms with Crippen molar-refractivity contribution < 1.29 is 9.90 Å². The van der Waals surface area contributed by atoms with Gasteiger partial charge in [0.15, 0.2) is 0 Å². The molecule has 1 amide bonds. The summed E-state index contributed by atoms with van der Waals surface area (Å²) in [5.74, 6) is 0. The standard InChI is InChI=1S/C15H15N5O2/c16-7-10-8-18-13-11(1-4-17-13)12(10)19-5-2-15(9-19)3-6-20(15)14(21)22/h1,4,8H,2-3,5-6,9H2,(H,17,18)(H,21,22). The number of amides is 1. The first-order chi connectivity index (χ1) is 10.6. The van der Waals surface area contributed by atoms with Crippen molar-refractivity contribution in [2.45, 2.75) is 18.4 Å². The second-order valence-corrected chi connectivity index (χ2v) is 5.95. The molecule has 0 radical (unpaired) electrons. The molecule has 0 bridgehead atoms. The highest BCUT2D eigenvalue weighted by Gasteiger charge is 2.52. The Balaban J connectivity index is 1.74. The van der Waals surface area contributed by atoms with Crippen LogP contribution < -0.4 is 4.90 Å². The van der Waals surface area contributed by atoms with Gasteiger partial charge in [-0.3, -0.25) is 0 Å². The van der Waals surface area contributed by atoms with Gasteiger partial charge in [0.25, 0.3) is 0 Å². The molecule has 2 aliphatic heterocycles. The van der Waals surface area contributed by atoms with E-state index in [-0.39, 0.29) is 5.54 Å². The van der Waals surface area contributed by atoms with Gasteiger partial charge in [-0.05, 0) is 18.9 Å². The highest BCUT2D eigenvalue weighted by Crippen LogP contribution is 2.42. The lowest BCUT2D eigenvalue weighted by molar-refractivity contribution is 0.0146. The molecule has 1 unspecified atom stereocenters. The van der Waals surface area contributed by atoms with Crippen LogP contribution in [0.5, 0.6) is 0 Å². The fourth-order valence-electron chi connectivity index (χ4n) is 3.73. The molecular weight excluding hydrogens is 282 g/mol. The molecule has 4 rings (SSSR count). The van der Waals surface area contributed by atoms with Crippen LogP contribution in [0.4, 0.5) is 10.5 Å². The summed E-state index contributed by atoms with van der Waals surface area (Å²) in [6.07, 6.45) is 4.23. The van der Waals surface area contributed by atoms with Gasteiger partial charge >= 0.3 is 6.09 Å². The lowest BCUT2D eigenvalue weighted by Crippen LogP contribution is -2.63. The molecule has 2 saturated heterocycles. The zero-order valence-corrected chi connectivity index (χ0v) is 11.9. The molecule has 2 aromatic rings. The van der Waals surface area contributed by atoms with Gasteiger partial charge in [0, 0.05) is 37.4 Å². The largest absolute Gasteiger partial charge is 0.465 e. The van der Waals surface area contributed by atoms with Gasteiger partial charge in [0.2, 0.25) is 0 Å². The maximum absolute atomic E-state index is 11.3. The smallest absolute Gasteiger partial charge is 0.407 e. The quantitative estimate of drug-likeness (QED) is 0.836. The van der Waals surface area contributed by atoms with E-state index in [1.165, 1.54) is 4.90 Å². The molecule has 2 N–H and O–H groups in total. The number of carboxylic acid groups (broad SMARTS) is 1. The third-order valence-electron chi connectivity index (χ3n) is 4.93. The lowest BCUT2D eigenvalue weighted by Gasteiger charge is -2.48. The number of pyridine rings is 1. The van der Waals surface area contributed by atoms with E-state index < -0.39 is 6.09 Å². The molecule has 2 aliphatic rings. The number of nitriles is 1. The Bertz CT molecular complexity index is 808.